The van der Waals surface area contributed by atoms with Crippen LogP contribution in [0.1, 0.15) is 6.92 Å². The molecular formula is C13H12F3N3O. The van der Waals surface area contributed by atoms with Crippen molar-refractivity contribution in [2.24, 2.45) is 5.73 Å². The van der Waals surface area contributed by atoms with Crippen molar-refractivity contribution in [3.63, 3.8) is 0 Å². The van der Waals surface area contributed by atoms with E-state index >= 15 is 0 Å². The zero-order valence-electron chi connectivity index (χ0n) is 10.5. The number of alkyl halides is 3. The van der Waals surface area contributed by atoms with Gasteiger partial charge in [0.25, 0.3) is 5.91 Å². The van der Waals surface area contributed by atoms with Crippen LogP contribution >= 0.6 is 0 Å². The average molecular weight is 283 g/mol. The van der Waals surface area contributed by atoms with Crippen LogP contribution in [0.4, 0.5) is 18.9 Å². The predicted molar refractivity (Wildman–Crippen MR) is 69.0 cm³/mol. The number of hydrogen-bond donors (Lipinski definition) is 2. The fourth-order valence-electron chi connectivity index (χ4n) is 1.59. The third-order valence-corrected chi connectivity index (χ3v) is 2.95. The van der Waals surface area contributed by atoms with E-state index in [2.05, 4.69) is 10.3 Å². The molecule has 0 radical (unpaired) electrons. The Kier molecular flexibility index (Phi) is 3.39. The lowest BCUT2D eigenvalue weighted by Gasteiger charge is -2.26. The number of aromatic nitrogens is 1. The molecule has 0 bridgehead atoms. The summed E-state index contributed by atoms with van der Waals surface area (Å²) in [7, 11) is 0. The van der Waals surface area contributed by atoms with Crippen LogP contribution < -0.4 is 11.1 Å². The molecular weight excluding hydrogens is 271 g/mol. The maximum absolute atomic E-state index is 12.7. The number of halogens is 3. The van der Waals surface area contributed by atoms with Crippen molar-refractivity contribution in [1.82, 2.24) is 4.98 Å². The van der Waals surface area contributed by atoms with Crippen molar-refractivity contribution in [3.8, 4) is 0 Å². The summed E-state index contributed by atoms with van der Waals surface area (Å²) in [5.74, 6) is -1.32. The quantitative estimate of drug-likeness (QED) is 0.889. The van der Waals surface area contributed by atoms with Gasteiger partial charge in [0.15, 0.2) is 5.54 Å². The van der Waals surface area contributed by atoms with Crippen LogP contribution in [0.25, 0.3) is 10.9 Å². The van der Waals surface area contributed by atoms with E-state index in [0.717, 1.165) is 0 Å². The normalized spacial score (nSPS) is 14.8. The first-order valence-corrected chi connectivity index (χ1v) is 5.74. The molecule has 1 aromatic carbocycles. The van der Waals surface area contributed by atoms with E-state index in [1.807, 2.05) is 0 Å². The Balaban J connectivity index is 2.36. The first-order chi connectivity index (χ1) is 9.23. The van der Waals surface area contributed by atoms with E-state index in [9.17, 15) is 18.0 Å². The van der Waals surface area contributed by atoms with Gasteiger partial charge in [0, 0.05) is 11.6 Å². The lowest BCUT2D eigenvalue weighted by atomic mass is 10.0. The van der Waals surface area contributed by atoms with Gasteiger partial charge in [0.2, 0.25) is 0 Å². The number of fused-ring (bicyclic) bond motifs is 1. The summed E-state index contributed by atoms with van der Waals surface area (Å²) >= 11 is 0. The van der Waals surface area contributed by atoms with Crippen molar-refractivity contribution >= 4 is 22.5 Å². The number of anilines is 1. The molecule has 1 unspecified atom stereocenters. The van der Waals surface area contributed by atoms with E-state index < -0.39 is 17.6 Å². The van der Waals surface area contributed by atoms with Gasteiger partial charge < -0.3 is 11.1 Å². The number of benzene rings is 1. The summed E-state index contributed by atoms with van der Waals surface area (Å²) in [6, 6.07) is 8.06. The molecule has 0 aliphatic heterocycles. The van der Waals surface area contributed by atoms with Crippen molar-refractivity contribution in [3.05, 3.63) is 36.5 Å². The predicted octanol–water partition coefficient (Wildman–Crippen LogP) is 2.45. The van der Waals surface area contributed by atoms with E-state index in [4.69, 9.17) is 5.73 Å². The molecule has 1 atom stereocenters. The Morgan fingerprint density at radius 1 is 1.25 bits per heavy atom. The Bertz CT molecular complexity index is 647. The highest BCUT2D eigenvalue weighted by atomic mass is 19.4. The maximum Gasteiger partial charge on any atom is 0.415 e. The smallest absolute Gasteiger partial charge is 0.324 e. The SMILES string of the molecule is CC(N)(C(=O)Nc1cccc2ncccc12)C(F)(F)F. The molecule has 1 amide bonds. The topological polar surface area (TPSA) is 68.0 Å². The van der Waals surface area contributed by atoms with Crippen molar-refractivity contribution in [2.75, 3.05) is 5.32 Å². The average Bonchev–Trinajstić information content (AvgIpc) is 2.37. The molecule has 4 nitrogen and oxygen atoms in total. The highest BCUT2D eigenvalue weighted by Gasteiger charge is 2.54. The summed E-state index contributed by atoms with van der Waals surface area (Å²) < 4.78 is 38.1. The molecule has 1 aromatic heterocycles. The molecule has 0 saturated carbocycles. The molecule has 106 valence electrons. The fraction of sp³-hybridized carbons (Fsp3) is 0.231. The summed E-state index contributed by atoms with van der Waals surface area (Å²) in [6.45, 7) is 0.631. The number of carbonyl (C=O) groups excluding carboxylic acids is 1. The molecule has 7 heteroatoms. The summed E-state index contributed by atoms with van der Waals surface area (Å²) in [6.07, 6.45) is -3.28. The first kappa shape index (κ1) is 14.3. The van der Waals surface area contributed by atoms with Crippen molar-refractivity contribution in [2.45, 2.75) is 18.6 Å². The molecule has 0 spiro atoms. The van der Waals surface area contributed by atoms with Crippen LogP contribution in [0.2, 0.25) is 0 Å². The Labute approximate surface area is 112 Å². The van der Waals surface area contributed by atoms with Gasteiger partial charge in [-0.1, -0.05) is 6.07 Å². The van der Waals surface area contributed by atoms with Crippen LogP contribution in [0.3, 0.4) is 0 Å². The minimum Gasteiger partial charge on any atom is -0.324 e. The number of nitrogens with one attached hydrogen (secondary N) is 1. The van der Waals surface area contributed by atoms with Gasteiger partial charge in [-0.15, -0.1) is 0 Å². The van der Waals surface area contributed by atoms with Gasteiger partial charge in [-0.2, -0.15) is 13.2 Å². The van der Waals surface area contributed by atoms with Crippen molar-refractivity contribution in [1.29, 1.82) is 0 Å². The Hall–Kier alpha value is -2.15. The van der Waals surface area contributed by atoms with Gasteiger partial charge in [-0.25, -0.2) is 0 Å². The minimum atomic E-state index is -4.83. The molecule has 0 fully saturated rings. The van der Waals surface area contributed by atoms with Crippen LogP contribution in [-0.4, -0.2) is 22.6 Å². The highest BCUT2D eigenvalue weighted by Crippen LogP contribution is 2.30. The van der Waals surface area contributed by atoms with Gasteiger partial charge in [-0.3, -0.25) is 9.78 Å². The summed E-state index contributed by atoms with van der Waals surface area (Å²) in [5, 5.41) is 2.75. The second kappa shape index (κ2) is 4.75. The second-order valence-electron chi connectivity index (χ2n) is 4.53. The van der Waals surface area contributed by atoms with E-state index in [1.165, 1.54) is 6.07 Å². The van der Waals surface area contributed by atoms with Crippen LogP contribution in [0, 0.1) is 0 Å². The Morgan fingerprint density at radius 3 is 2.60 bits per heavy atom. The standard InChI is InChI=1S/C13H12F3N3O/c1-12(17,13(14,15)16)11(20)19-10-6-2-5-9-8(10)4-3-7-18-9/h2-7H,17H2,1H3,(H,19,20). The lowest BCUT2D eigenvalue weighted by Crippen LogP contribution is -2.59. The molecule has 0 saturated heterocycles. The second-order valence-corrected chi connectivity index (χ2v) is 4.53. The molecule has 1 heterocycles. The number of rotatable bonds is 2. The zero-order valence-corrected chi connectivity index (χ0v) is 10.5. The van der Waals surface area contributed by atoms with E-state index in [0.29, 0.717) is 17.8 Å². The van der Waals surface area contributed by atoms with E-state index in [1.54, 1.807) is 30.5 Å². The van der Waals surface area contributed by atoms with Gasteiger partial charge in [0.05, 0.1) is 11.2 Å². The molecule has 2 rings (SSSR count). The van der Waals surface area contributed by atoms with Gasteiger partial charge in [-0.05, 0) is 31.2 Å². The molecule has 0 aliphatic rings. The van der Waals surface area contributed by atoms with Gasteiger partial charge in [0.1, 0.15) is 0 Å². The fourth-order valence-corrected chi connectivity index (χ4v) is 1.59. The summed E-state index contributed by atoms with van der Waals surface area (Å²) in [5.41, 5.74) is 2.92. The number of carbonyl (C=O) groups is 1. The van der Waals surface area contributed by atoms with Crippen LogP contribution in [0.15, 0.2) is 36.5 Å². The molecule has 0 aliphatic carbocycles. The monoisotopic (exact) mass is 283 g/mol. The number of nitrogens with two attached hydrogens (primary N) is 1. The van der Waals surface area contributed by atoms with Crippen LogP contribution in [0.5, 0.6) is 0 Å². The molecule has 2 aromatic rings. The molecule has 3 N–H and O–H groups in total. The number of hydrogen-bond acceptors (Lipinski definition) is 3. The number of nitrogens with zero attached hydrogens (tertiary/aromatic N) is 1. The minimum absolute atomic E-state index is 0.238. The van der Waals surface area contributed by atoms with Crippen LogP contribution in [-0.2, 0) is 4.79 Å². The number of amides is 1. The van der Waals surface area contributed by atoms with Gasteiger partial charge >= 0.3 is 6.18 Å². The number of pyridine rings is 1. The first-order valence-electron chi connectivity index (χ1n) is 5.74. The third kappa shape index (κ3) is 2.44. The third-order valence-electron chi connectivity index (χ3n) is 2.95. The van der Waals surface area contributed by atoms with Crippen molar-refractivity contribution < 1.29 is 18.0 Å². The zero-order chi connectivity index (χ0) is 15.0. The Morgan fingerprint density at radius 2 is 1.95 bits per heavy atom. The maximum atomic E-state index is 12.7. The molecule has 20 heavy (non-hydrogen) atoms. The van der Waals surface area contributed by atoms with E-state index in [-0.39, 0.29) is 5.69 Å². The largest absolute Gasteiger partial charge is 0.415 e. The lowest BCUT2D eigenvalue weighted by molar-refractivity contribution is -0.184. The summed E-state index contributed by atoms with van der Waals surface area (Å²) in [4.78, 5) is 15.8. The highest BCUT2D eigenvalue weighted by molar-refractivity contribution is 6.04.